The van der Waals surface area contributed by atoms with Crippen molar-refractivity contribution in [3.63, 3.8) is 0 Å². The molecule has 0 bridgehead atoms. The second-order valence-corrected chi connectivity index (χ2v) is 6.22. The second-order valence-electron chi connectivity index (χ2n) is 5.08. The number of hydrogen-bond donors (Lipinski definition) is 2. The summed E-state index contributed by atoms with van der Waals surface area (Å²) in [6.07, 6.45) is 7.52. The molecule has 1 aromatic heterocycles. The van der Waals surface area contributed by atoms with Crippen LogP contribution in [0.25, 0.3) is 0 Å². The second kappa shape index (κ2) is 9.37. The van der Waals surface area contributed by atoms with Gasteiger partial charge in [0.05, 0.1) is 4.88 Å². The Kier molecular flexibility index (Phi) is 8.19. The summed E-state index contributed by atoms with van der Waals surface area (Å²) < 4.78 is 0. The van der Waals surface area contributed by atoms with Gasteiger partial charge in [0.2, 0.25) is 0 Å². The molecule has 20 heavy (non-hydrogen) atoms. The maximum absolute atomic E-state index is 12.1. The van der Waals surface area contributed by atoms with E-state index in [-0.39, 0.29) is 18.3 Å². The molecule has 3 nitrogen and oxygen atoms in total. The van der Waals surface area contributed by atoms with E-state index in [1.807, 2.05) is 0 Å². The van der Waals surface area contributed by atoms with Gasteiger partial charge in [0, 0.05) is 18.0 Å². The highest BCUT2D eigenvalue weighted by Gasteiger charge is 2.15. The molecule has 5 heteroatoms. The highest BCUT2D eigenvalue weighted by Crippen LogP contribution is 2.28. The maximum Gasteiger partial charge on any atom is 0.261 e. The van der Waals surface area contributed by atoms with Crippen LogP contribution in [-0.4, -0.2) is 25.5 Å². The number of halogens is 1. The highest BCUT2D eigenvalue weighted by molar-refractivity contribution is 7.14. The van der Waals surface area contributed by atoms with E-state index in [9.17, 15) is 4.79 Å². The summed E-state index contributed by atoms with van der Waals surface area (Å²) in [6.45, 7) is 4.56. The number of nitrogens with one attached hydrogen (secondary N) is 2. The maximum atomic E-state index is 12.1. The van der Waals surface area contributed by atoms with E-state index in [0.717, 1.165) is 30.8 Å². The molecule has 2 rings (SSSR count). The molecule has 0 unspecified atom stereocenters. The Morgan fingerprint density at radius 2 is 1.95 bits per heavy atom. The number of likely N-dealkylation sites (N-methyl/N-ethyl adjacent to an activating group) is 1. The first-order valence-corrected chi connectivity index (χ1v) is 8.23. The number of aryl methyl sites for hydroxylation is 2. The molecule has 1 amide bonds. The first-order chi connectivity index (χ1) is 9.31. The van der Waals surface area contributed by atoms with Crippen molar-refractivity contribution in [2.24, 2.45) is 0 Å². The molecule has 114 valence electrons. The predicted octanol–water partition coefficient (Wildman–Crippen LogP) is 3.17. The smallest absolute Gasteiger partial charge is 0.261 e. The third kappa shape index (κ3) is 5.08. The lowest BCUT2D eigenvalue weighted by atomic mass is 10.00. The Hall–Kier alpha value is -0.580. The minimum atomic E-state index is 0. The highest BCUT2D eigenvalue weighted by atomic mass is 35.5. The molecule has 0 aliphatic heterocycles. The number of amides is 1. The molecular weight excluding hydrogens is 292 g/mol. The van der Waals surface area contributed by atoms with E-state index in [0.29, 0.717) is 6.54 Å². The van der Waals surface area contributed by atoms with Crippen LogP contribution in [-0.2, 0) is 12.8 Å². The molecule has 2 N–H and O–H groups in total. The molecule has 0 radical (unpaired) electrons. The molecule has 1 aliphatic rings. The van der Waals surface area contributed by atoms with Gasteiger partial charge in [0.1, 0.15) is 0 Å². The number of thiophene rings is 1. The van der Waals surface area contributed by atoms with E-state index < -0.39 is 0 Å². The van der Waals surface area contributed by atoms with Gasteiger partial charge in [0.25, 0.3) is 5.91 Å². The van der Waals surface area contributed by atoms with Crippen molar-refractivity contribution >= 4 is 29.7 Å². The summed E-state index contributed by atoms with van der Waals surface area (Å²) >= 11 is 1.70. The summed E-state index contributed by atoms with van der Waals surface area (Å²) in [5, 5.41) is 6.19. The van der Waals surface area contributed by atoms with E-state index in [4.69, 9.17) is 0 Å². The Morgan fingerprint density at radius 3 is 2.70 bits per heavy atom. The van der Waals surface area contributed by atoms with Crippen LogP contribution >= 0.6 is 23.7 Å². The van der Waals surface area contributed by atoms with Gasteiger partial charge in [-0.2, -0.15) is 0 Å². The average Bonchev–Trinajstić information content (AvgIpc) is 2.77. The lowest BCUT2D eigenvalue weighted by Gasteiger charge is -2.07. The first-order valence-electron chi connectivity index (χ1n) is 7.41. The molecule has 0 fully saturated rings. The summed E-state index contributed by atoms with van der Waals surface area (Å²) in [5.74, 6) is 0.0923. The van der Waals surface area contributed by atoms with Crippen molar-refractivity contribution < 1.29 is 4.79 Å². The van der Waals surface area contributed by atoms with Crippen LogP contribution in [0.1, 0.15) is 52.7 Å². The molecular formula is C15H25ClN2OS. The van der Waals surface area contributed by atoms with Crippen LogP contribution in [0.4, 0.5) is 0 Å². The number of hydrogen-bond acceptors (Lipinski definition) is 3. The summed E-state index contributed by atoms with van der Waals surface area (Å²) in [5.41, 5.74) is 1.42. The zero-order valence-electron chi connectivity index (χ0n) is 12.2. The summed E-state index contributed by atoms with van der Waals surface area (Å²) in [4.78, 5) is 14.4. The summed E-state index contributed by atoms with van der Waals surface area (Å²) in [7, 11) is 0. The normalized spacial score (nSPS) is 14.7. The van der Waals surface area contributed by atoms with Crippen molar-refractivity contribution in [2.75, 3.05) is 19.6 Å². The van der Waals surface area contributed by atoms with Gasteiger partial charge >= 0.3 is 0 Å². The van der Waals surface area contributed by atoms with Crippen LogP contribution in [0, 0.1) is 0 Å². The third-order valence-electron chi connectivity index (χ3n) is 3.56. The SMILES string of the molecule is CCNCCNC(=O)c1cc2c(s1)CCCCCC2.Cl. The van der Waals surface area contributed by atoms with Crippen molar-refractivity contribution in [3.8, 4) is 0 Å². The Bertz CT molecular complexity index is 395. The fourth-order valence-electron chi connectivity index (χ4n) is 2.48. The van der Waals surface area contributed by atoms with Gasteiger partial charge in [-0.05, 0) is 43.9 Å². The number of fused-ring (bicyclic) bond motifs is 1. The number of carbonyl (C=O) groups is 1. The van der Waals surface area contributed by atoms with E-state index >= 15 is 0 Å². The number of carbonyl (C=O) groups excluding carboxylic acids is 1. The third-order valence-corrected chi connectivity index (χ3v) is 4.79. The fourth-order valence-corrected chi connectivity index (χ4v) is 3.65. The van der Waals surface area contributed by atoms with E-state index in [2.05, 4.69) is 23.6 Å². The van der Waals surface area contributed by atoms with Crippen LogP contribution < -0.4 is 10.6 Å². The van der Waals surface area contributed by atoms with Gasteiger partial charge in [-0.25, -0.2) is 0 Å². The molecule has 0 saturated heterocycles. The molecule has 0 atom stereocenters. The van der Waals surface area contributed by atoms with Crippen LogP contribution in [0.15, 0.2) is 6.07 Å². The van der Waals surface area contributed by atoms with Gasteiger partial charge in [-0.15, -0.1) is 23.7 Å². The monoisotopic (exact) mass is 316 g/mol. The topological polar surface area (TPSA) is 41.1 Å². The minimum absolute atomic E-state index is 0. The van der Waals surface area contributed by atoms with Gasteiger partial charge in [0.15, 0.2) is 0 Å². The zero-order chi connectivity index (χ0) is 13.5. The standard InChI is InChI=1S/C15H24N2OS.ClH/c1-2-16-9-10-17-15(18)14-11-12-7-5-3-4-6-8-13(12)19-14;/h11,16H,2-10H2,1H3,(H,17,18);1H. The molecule has 1 heterocycles. The van der Waals surface area contributed by atoms with Crippen LogP contribution in [0.2, 0.25) is 0 Å². The number of rotatable bonds is 5. The van der Waals surface area contributed by atoms with Gasteiger partial charge in [-0.3, -0.25) is 4.79 Å². The largest absolute Gasteiger partial charge is 0.350 e. The van der Waals surface area contributed by atoms with Gasteiger partial charge in [-0.1, -0.05) is 19.8 Å². The van der Waals surface area contributed by atoms with Crippen LogP contribution in [0.3, 0.4) is 0 Å². The zero-order valence-corrected chi connectivity index (χ0v) is 13.8. The Morgan fingerprint density at radius 1 is 1.20 bits per heavy atom. The van der Waals surface area contributed by atoms with Crippen molar-refractivity contribution in [2.45, 2.75) is 45.4 Å². The molecule has 0 spiro atoms. The van der Waals surface area contributed by atoms with Crippen LogP contribution in [0.5, 0.6) is 0 Å². The van der Waals surface area contributed by atoms with Crippen molar-refractivity contribution in [1.29, 1.82) is 0 Å². The fraction of sp³-hybridized carbons (Fsp3) is 0.667. The molecule has 0 saturated carbocycles. The Balaban J connectivity index is 0.00000200. The van der Waals surface area contributed by atoms with Crippen molar-refractivity contribution in [1.82, 2.24) is 10.6 Å². The van der Waals surface area contributed by atoms with E-state index in [1.54, 1.807) is 11.3 Å². The predicted molar refractivity (Wildman–Crippen MR) is 88.3 cm³/mol. The average molecular weight is 317 g/mol. The van der Waals surface area contributed by atoms with Gasteiger partial charge < -0.3 is 10.6 Å². The lowest BCUT2D eigenvalue weighted by Crippen LogP contribution is -2.31. The van der Waals surface area contributed by atoms with Crippen molar-refractivity contribution in [3.05, 3.63) is 21.4 Å². The minimum Gasteiger partial charge on any atom is -0.350 e. The quantitative estimate of drug-likeness (QED) is 0.819. The lowest BCUT2D eigenvalue weighted by molar-refractivity contribution is 0.0958. The Labute approximate surface area is 131 Å². The molecule has 1 aliphatic carbocycles. The van der Waals surface area contributed by atoms with E-state index in [1.165, 1.54) is 36.1 Å². The molecule has 1 aromatic rings. The molecule has 0 aromatic carbocycles. The first kappa shape index (κ1) is 17.5. The summed E-state index contributed by atoms with van der Waals surface area (Å²) in [6, 6.07) is 2.12.